The Morgan fingerprint density at radius 2 is 1.43 bits per heavy atom. The van der Waals surface area contributed by atoms with Gasteiger partial charge >= 0.3 is 5.97 Å². The van der Waals surface area contributed by atoms with Crippen molar-refractivity contribution >= 4 is 5.97 Å². The molecule has 0 aliphatic rings. The summed E-state index contributed by atoms with van der Waals surface area (Å²) in [6.45, 7) is 6.99. The van der Waals surface area contributed by atoms with Gasteiger partial charge in [-0.3, -0.25) is 0 Å². The van der Waals surface area contributed by atoms with Gasteiger partial charge in [0.25, 0.3) is 0 Å². The number of ether oxygens (including phenoxy) is 3. The van der Waals surface area contributed by atoms with Crippen LogP contribution in [0.4, 0.5) is 4.39 Å². The molecule has 1 atom stereocenters. The van der Waals surface area contributed by atoms with Crippen LogP contribution in [0.25, 0.3) is 11.1 Å². The van der Waals surface area contributed by atoms with Crippen LogP contribution in [-0.4, -0.2) is 18.7 Å². The van der Waals surface area contributed by atoms with Crippen LogP contribution in [0, 0.1) is 5.82 Å². The number of carbonyl (C=O) groups excluding carboxylic acids is 1. The average Bonchev–Trinajstić information content (AvgIpc) is 2.91. The van der Waals surface area contributed by atoms with Gasteiger partial charge in [0.15, 0.2) is 11.6 Å². The Bertz CT molecular complexity index is 1090. The summed E-state index contributed by atoms with van der Waals surface area (Å²) in [6.07, 6.45) is 8.86. The molecule has 4 nitrogen and oxygen atoms in total. The van der Waals surface area contributed by atoms with Gasteiger partial charge in [0.05, 0.1) is 18.3 Å². The Labute approximate surface area is 220 Å². The van der Waals surface area contributed by atoms with Gasteiger partial charge in [-0.15, -0.1) is 0 Å². The molecule has 0 bridgehead atoms. The normalized spacial score (nSPS) is 11.7. The highest BCUT2D eigenvalue weighted by Gasteiger charge is 2.12. The van der Waals surface area contributed by atoms with Gasteiger partial charge in [0.2, 0.25) is 0 Å². The van der Waals surface area contributed by atoms with E-state index in [1.807, 2.05) is 13.0 Å². The second-order valence-electron chi connectivity index (χ2n) is 9.42. The van der Waals surface area contributed by atoms with Crippen molar-refractivity contribution in [3.05, 3.63) is 78.1 Å². The van der Waals surface area contributed by atoms with Gasteiger partial charge in [-0.05, 0) is 85.8 Å². The molecule has 1 unspecified atom stereocenters. The van der Waals surface area contributed by atoms with Crippen molar-refractivity contribution in [2.75, 3.05) is 6.61 Å². The summed E-state index contributed by atoms with van der Waals surface area (Å²) in [6, 6.07) is 19.0. The molecule has 0 amide bonds. The molecule has 0 saturated carbocycles. The molecule has 0 spiro atoms. The Morgan fingerprint density at radius 1 is 0.784 bits per heavy atom. The average molecular weight is 507 g/mol. The summed E-state index contributed by atoms with van der Waals surface area (Å²) >= 11 is 0. The summed E-state index contributed by atoms with van der Waals surface area (Å²) in [5, 5.41) is 0. The summed E-state index contributed by atoms with van der Waals surface area (Å²) in [5.41, 5.74) is 1.94. The van der Waals surface area contributed by atoms with Crippen molar-refractivity contribution in [3.63, 3.8) is 0 Å². The molecule has 37 heavy (non-hydrogen) atoms. The fraction of sp³-hybridized carbons (Fsp3) is 0.406. The van der Waals surface area contributed by atoms with Crippen LogP contribution in [-0.2, 0) is 0 Å². The molecule has 5 heteroatoms. The quantitative estimate of drug-likeness (QED) is 0.117. The lowest BCUT2D eigenvalue weighted by molar-refractivity contribution is 0.0734. The van der Waals surface area contributed by atoms with E-state index in [1.165, 1.54) is 25.3 Å². The van der Waals surface area contributed by atoms with Crippen molar-refractivity contribution in [1.82, 2.24) is 0 Å². The van der Waals surface area contributed by atoms with Gasteiger partial charge in [0.1, 0.15) is 11.5 Å². The zero-order valence-corrected chi connectivity index (χ0v) is 22.3. The standard InChI is InChI=1S/C32H39FO4/c1-4-6-8-9-11-24(3)36-31-21-16-27(23-30(31)33)25-12-14-26(15-13-25)32(34)37-29-19-17-28(18-20-29)35-22-10-7-5-2/h12-21,23-24H,4-11,22H2,1-3H3. The van der Waals surface area contributed by atoms with E-state index in [-0.39, 0.29) is 17.7 Å². The minimum atomic E-state index is -0.453. The molecule has 3 rings (SSSR count). The van der Waals surface area contributed by atoms with Gasteiger partial charge < -0.3 is 14.2 Å². The van der Waals surface area contributed by atoms with Crippen LogP contribution in [0.1, 0.15) is 82.5 Å². The van der Waals surface area contributed by atoms with E-state index in [0.717, 1.165) is 49.0 Å². The number of benzene rings is 3. The summed E-state index contributed by atoms with van der Waals surface area (Å²) in [5.74, 6) is 0.632. The van der Waals surface area contributed by atoms with Gasteiger partial charge in [-0.1, -0.05) is 64.2 Å². The van der Waals surface area contributed by atoms with Gasteiger partial charge in [-0.25, -0.2) is 9.18 Å². The maximum Gasteiger partial charge on any atom is 0.343 e. The number of hydrogen-bond donors (Lipinski definition) is 0. The van der Waals surface area contributed by atoms with Crippen molar-refractivity contribution in [1.29, 1.82) is 0 Å². The molecule has 3 aromatic rings. The predicted octanol–water partition coefficient (Wildman–Crippen LogP) is 9.02. The monoisotopic (exact) mass is 506 g/mol. The zero-order valence-electron chi connectivity index (χ0n) is 22.3. The third-order valence-electron chi connectivity index (χ3n) is 6.23. The Balaban J connectivity index is 1.54. The molecule has 3 aromatic carbocycles. The number of rotatable bonds is 15. The third-order valence-corrected chi connectivity index (χ3v) is 6.23. The van der Waals surface area contributed by atoms with Gasteiger partial charge in [-0.2, -0.15) is 0 Å². The van der Waals surface area contributed by atoms with E-state index in [4.69, 9.17) is 14.2 Å². The fourth-order valence-corrected chi connectivity index (χ4v) is 4.02. The van der Waals surface area contributed by atoms with E-state index in [1.54, 1.807) is 54.6 Å². The molecule has 0 aromatic heterocycles. The molecule has 0 fully saturated rings. The number of unbranched alkanes of at least 4 members (excludes halogenated alkanes) is 5. The molecule has 198 valence electrons. The second-order valence-corrected chi connectivity index (χ2v) is 9.42. The lowest BCUT2D eigenvalue weighted by Crippen LogP contribution is -2.12. The van der Waals surface area contributed by atoms with Gasteiger partial charge in [0, 0.05) is 0 Å². The van der Waals surface area contributed by atoms with Crippen LogP contribution >= 0.6 is 0 Å². The summed E-state index contributed by atoms with van der Waals surface area (Å²) in [7, 11) is 0. The predicted molar refractivity (Wildman–Crippen MR) is 147 cm³/mol. The first-order valence-corrected chi connectivity index (χ1v) is 13.5. The highest BCUT2D eigenvalue weighted by atomic mass is 19.1. The maximum absolute atomic E-state index is 14.7. The molecular weight excluding hydrogens is 467 g/mol. The Kier molecular flexibility index (Phi) is 11.5. The Morgan fingerprint density at radius 3 is 2.11 bits per heavy atom. The number of carbonyl (C=O) groups is 1. The number of hydrogen-bond acceptors (Lipinski definition) is 4. The van der Waals surface area contributed by atoms with E-state index < -0.39 is 5.97 Å². The lowest BCUT2D eigenvalue weighted by Gasteiger charge is -2.16. The second kappa shape index (κ2) is 15.0. The topological polar surface area (TPSA) is 44.8 Å². The zero-order chi connectivity index (χ0) is 26.5. The first-order chi connectivity index (χ1) is 18.0. The smallest absolute Gasteiger partial charge is 0.343 e. The van der Waals surface area contributed by atoms with Crippen molar-refractivity contribution < 1.29 is 23.4 Å². The molecular formula is C32H39FO4. The molecule has 0 N–H and O–H groups in total. The molecule has 0 aliphatic heterocycles. The van der Waals surface area contributed by atoms with E-state index >= 15 is 0 Å². The van der Waals surface area contributed by atoms with E-state index in [2.05, 4.69) is 13.8 Å². The van der Waals surface area contributed by atoms with Crippen LogP contribution in [0.3, 0.4) is 0 Å². The van der Waals surface area contributed by atoms with E-state index in [0.29, 0.717) is 17.9 Å². The minimum absolute atomic E-state index is 0.0305. The minimum Gasteiger partial charge on any atom is -0.494 e. The third kappa shape index (κ3) is 9.23. The van der Waals surface area contributed by atoms with Crippen molar-refractivity contribution in [2.45, 2.75) is 78.2 Å². The maximum atomic E-state index is 14.7. The van der Waals surface area contributed by atoms with Crippen molar-refractivity contribution in [2.24, 2.45) is 0 Å². The largest absolute Gasteiger partial charge is 0.494 e. The molecule has 0 saturated heterocycles. The SMILES string of the molecule is CCCCCCC(C)Oc1ccc(-c2ccc(C(=O)Oc3ccc(OCCCCC)cc3)cc2)cc1F. The lowest BCUT2D eigenvalue weighted by atomic mass is 10.0. The Hall–Kier alpha value is -3.34. The molecule has 0 aliphatic carbocycles. The molecule has 0 heterocycles. The first-order valence-electron chi connectivity index (χ1n) is 13.5. The number of halogens is 1. The first kappa shape index (κ1) is 28.2. The van der Waals surface area contributed by atoms with Crippen molar-refractivity contribution in [3.8, 4) is 28.4 Å². The van der Waals surface area contributed by atoms with Crippen LogP contribution in [0.5, 0.6) is 17.2 Å². The van der Waals surface area contributed by atoms with E-state index in [9.17, 15) is 9.18 Å². The highest BCUT2D eigenvalue weighted by molar-refractivity contribution is 5.91. The van der Waals surface area contributed by atoms with Crippen LogP contribution in [0.2, 0.25) is 0 Å². The van der Waals surface area contributed by atoms with Crippen LogP contribution < -0.4 is 14.2 Å². The highest BCUT2D eigenvalue weighted by Crippen LogP contribution is 2.27. The summed E-state index contributed by atoms with van der Waals surface area (Å²) < 4.78 is 31.7. The van der Waals surface area contributed by atoms with Crippen LogP contribution in [0.15, 0.2) is 66.7 Å². The summed E-state index contributed by atoms with van der Waals surface area (Å²) in [4.78, 5) is 12.6. The fourth-order valence-electron chi connectivity index (χ4n) is 4.02. The molecule has 0 radical (unpaired) electrons. The number of esters is 1.